The lowest BCUT2D eigenvalue weighted by Crippen LogP contribution is -2.24. The lowest BCUT2D eigenvalue weighted by atomic mass is 10.1. The minimum Gasteiger partial charge on any atom is -0.365 e. The third-order valence-electron chi connectivity index (χ3n) is 3.32. The van der Waals surface area contributed by atoms with Gasteiger partial charge in [-0.1, -0.05) is 24.3 Å². The van der Waals surface area contributed by atoms with E-state index in [4.69, 9.17) is 0 Å². The summed E-state index contributed by atoms with van der Waals surface area (Å²) in [6.45, 7) is 8.76. The summed E-state index contributed by atoms with van der Waals surface area (Å²) in [7, 11) is 0. The normalized spacial score (nSPS) is 10.3. The van der Waals surface area contributed by atoms with Crippen LogP contribution in [0.4, 0.5) is 11.8 Å². The Labute approximate surface area is 120 Å². The molecular weight excluding hydrogens is 250 g/mol. The second kappa shape index (κ2) is 6.84. The molecule has 0 fully saturated rings. The van der Waals surface area contributed by atoms with Gasteiger partial charge in [0.05, 0.1) is 6.20 Å². The van der Waals surface area contributed by atoms with Gasteiger partial charge < -0.3 is 10.2 Å². The minimum absolute atomic E-state index is 0.671. The number of aromatic nitrogens is 3. The van der Waals surface area contributed by atoms with Crippen molar-refractivity contribution in [2.45, 2.75) is 27.3 Å². The van der Waals surface area contributed by atoms with Gasteiger partial charge in [-0.2, -0.15) is 10.1 Å². The van der Waals surface area contributed by atoms with E-state index in [0.29, 0.717) is 5.95 Å². The number of hydrogen-bond acceptors (Lipinski definition) is 5. The Bertz CT molecular complexity index is 551. The van der Waals surface area contributed by atoms with E-state index < -0.39 is 0 Å². The Morgan fingerprint density at radius 2 is 1.90 bits per heavy atom. The van der Waals surface area contributed by atoms with Gasteiger partial charge in [0.25, 0.3) is 0 Å². The van der Waals surface area contributed by atoms with Crippen LogP contribution in [0.1, 0.15) is 25.0 Å². The van der Waals surface area contributed by atoms with E-state index in [1.165, 1.54) is 11.1 Å². The van der Waals surface area contributed by atoms with Crippen molar-refractivity contribution in [3.63, 3.8) is 0 Å². The van der Waals surface area contributed by atoms with Crippen LogP contribution in [0.5, 0.6) is 0 Å². The number of benzene rings is 1. The number of nitrogens with one attached hydrogen (secondary N) is 1. The molecule has 0 aliphatic heterocycles. The number of nitrogens with zero attached hydrogens (tertiary/aromatic N) is 4. The smallest absolute Gasteiger partial charge is 0.247 e. The molecule has 106 valence electrons. The van der Waals surface area contributed by atoms with Crippen molar-refractivity contribution in [3.05, 3.63) is 41.6 Å². The predicted molar refractivity (Wildman–Crippen MR) is 81.9 cm³/mol. The molecule has 1 aromatic carbocycles. The summed E-state index contributed by atoms with van der Waals surface area (Å²) in [5, 5.41) is 11.4. The first-order valence-corrected chi connectivity index (χ1v) is 6.97. The van der Waals surface area contributed by atoms with Crippen molar-refractivity contribution < 1.29 is 0 Å². The molecule has 2 aromatic rings. The summed E-state index contributed by atoms with van der Waals surface area (Å²) >= 11 is 0. The number of aryl methyl sites for hydroxylation is 1. The maximum absolute atomic E-state index is 4.50. The maximum atomic E-state index is 4.50. The van der Waals surface area contributed by atoms with E-state index in [-0.39, 0.29) is 0 Å². The lowest BCUT2D eigenvalue weighted by Gasteiger charge is -2.18. The molecule has 0 unspecified atom stereocenters. The van der Waals surface area contributed by atoms with E-state index in [1.54, 1.807) is 6.20 Å². The topological polar surface area (TPSA) is 53.9 Å². The molecule has 0 aliphatic carbocycles. The molecule has 0 spiro atoms. The summed E-state index contributed by atoms with van der Waals surface area (Å²) in [6, 6.07) is 8.31. The first-order chi connectivity index (χ1) is 9.74. The van der Waals surface area contributed by atoms with Crippen LogP contribution >= 0.6 is 0 Å². The van der Waals surface area contributed by atoms with Crippen molar-refractivity contribution >= 4 is 11.8 Å². The van der Waals surface area contributed by atoms with Crippen LogP contribution in [0.2, 0.25) is 0 Å². The van der Waals surface area contributed by atoms with Crippen LogP contribution in [0.25, 0.3) is 0 Å². The van der Waals surface area contributed by atoms with Gasteiger partial charge in [0.1, 0.15) is 0 Å². The molecule has 1 aromatic heterocycles. The van der Waals surface area contributed by atoms with Gasteiger partial charge in [0, 0.05) is 19.6 Å². The van der Waals surface area contributed by atoms with E-state index in [0.717, 1.165) is 25.5 Å². The molecule has 0 saturated carbocycles. The summed E-state index contributed by atoms with van der Waals surface area (Å²) < 4.78 is 0. The molecule has 5 nitrogen and oxygen atoms in total. The van der Waals surface area contributed by atoms with E-state index in [1.807, 2.05) is 12.1 Å². The van der Waals surface area contributed by atoms with Crippen molar-refractivity contribution in [3.8, 4) is 0 Å². The zero-order valence-corrected chi connectivity index (χ0v) is 12.3. The molecule has 0 atom stereocenters. The van der Waals surface area contributed by atoms with Gasteiger partial charge in [0.2, 0.25) is 5.95 Å². The van der Waals surface area contributed by atoms with Gasteiger partial charge in [-0.25, -0.2) is 0 Å². The average molecular weight is 271 g/mol. The minimum atomic E-state index is 0.671. The maximum Gasteiger partial charge on any atom is 0.247 e. The van der Waals surface area contributed by atoms with Crippen LogP contribution in [0, 0.1) is 6.92 Å². The molecule has 0 saturated heterocycles. The van der Waals surface area contributed by atoms with Crippen LogP contribution in [-0.2, 0) is 6.54 Å². The second-order valence-corrected chi connectivity index (χ2v) is 4.59. The van der Waals surface area contributed by atoms with Crippen LogP contribution in [0.15, 0.2) is 30.5 Å². The van der Waals surface area contributed by atoms with E-state index in [9.17, 15) is 0 Å². The van der Waals surface area contributed by atoms with Crippen molar-refractivity contribution in [2.24, 2.45) is 0 Å². The number of anilines is 2. The van der Waals surface area contributed by atoms with Gasteiger partial charge in [-0.15, -0.1) is 5.10 Å². The highest BCUT2D eigenvalue weighted by Crippen LogP contribution is 2.12. The van der Waals surface area contributed by atoms with Crippen LogP contribution < -0.4 is 10.2 Å². The highest BCUT2D eigenvalue weighted by atomic mass is 15.3. The van der Waals surface area contributed by atoms with Crippen molar-refractivity contribution in [1.29, 1.82) is 0 Å². The fourth-order valence-electron chi connectivity index (χ4n) is 2.01. The summed E-state index contributed by atoms with van der Waals surface area (Å²) in [5.41, 5.74) is 2.53. The van der Waals surface area contributed by atoms with Crippen molar-refractivity contribution in [1.82, 2.24) is 15.2 Å². The predicted octanol–water partition coefficient (Wildman–Crippen LogP) is 2.64. The molecule has 0 radical (unpaired) electrons. The number of rotatable bonds is 6. The third-order valence-corrected chi connectivity index (χ3v) is 3.32. The largest absolute Gasteiger partial charge is 0.365 e. The molecule has 2 rings (SSSR count). The molecule has 1 N–H and O–H groups in total. The Morgan fingerprint density at radius 1 is 1.15 bits per heavy atom. The highest BCUT2D eigenvalue weighted by molar-refractivity contribution is 5.40. The zero-order valence-electron chi connectivity index (χ0n) is 12.3. The molecule has 0 bridgehead atoms. The SMILES string of the molecule is CCN(CC)c1nncc(NCc2ccccc2C)n1. The Hall–Kier alpha value is -2.17. The van der Waals surface area contributed by atoms with E-state index >= 15 is 0 Å². The molecule has 0 aliphatic rings. The number of hydrogen-bond donors (Lipinski definition) is 1. The zero-order chi connectivity index (χ0) is 14.4. The van der Waals surface area contributed by atoms with Crippen LogP contribution in [-0.4, -0.2) is 28.3 Å². The second-order valence-electron chi connectivity index (χ2n) is 4.59. The molecule has 5 heteroatoms. The van der Waals surface area contributed by atoms with Gasteiger partial charge in [0.15, 0.2) is 5.82 Å². The first kappa shape index (κ1) is 14.2. The lowest BCUT2D eigenvalue weighted by molar-refractivity contribution is 0.794. The summed E-state index contributed by atoms with van der Waals surface area (Å²) in [5.74, 6) is 1.43. The van der Waals surface area contributed by atoms with E-state index in [2.05, 4.69) is 58.3 Å². The highest BCUT2D eigenvalue weighted by Gasteiger charge is 2.07. The average Bonchev–Trinajstić information content (AvgIpc) is 2.48. The standard InChI is InChI=1S/C15H21N5/c1-4-20(5-2)15-18-14(11-17-19-15)16-10-13-9-7-6-8-12(13)3/h6-9,11H,4-5,10H2,1-3H3,(H,16,18,19). The fourth-order valence-corrected chi connectivity index (χ4v) is 2.01. The monoisotopic (exact) mass is 271 g/mol. The van der Waals surface area contributed by atoms with Gasteiger partial charge in [-0.3, -0.25) is 0 Å². The molecule has 20 heavy (non-hydrogen) atoms. The van der Waals surface area contributed by atoms with Gasteiger partial charge >= 0.3 is 0 Å². The fraction of sp³-hybridized carbons (Fsp3) is 0.400. The summed E-state index contributed by atoms with van der Waals surface area (Å²) in [6.07, 6.45) is 1.66. The van der Waals surface area contributed by atoms with Gasteiger partial charge in [-0.05, 0) is 31.9 Å². The van der Waals surface area contributed by atoms with Crippen LogP contribution in [0.3, 0.4) is 0 Å². The first-order valence-electron chi connectivity index (χ1n) is 6.97. The summed E-state index contributed by atoms with van der Waals surface area (Å²) in [4.78, 5) is 6.58. The Balaban J connectivity index is 2.07. The Morgan fingerprint density at radius 3 is 2.60 bits per heavy atom. The molecule has 0 amide bonds. The third kappa shape index (κ3) is 3.44. The Kier molecular flexibility index (Phi) is 4.87. The molecule has 1 heterocycles. The molecular formula is C15H21N5. The quantitative estimate of drug-likeness (QED) is 0.875. The van der Waals surface area contributed by atoms with Crippen molar-refractivity contribution in [2.75, 3.05) is 23.3 Å².